The van der Waals surface area contributed by atoms with Crippen LogP contribution in [0.2, 0.25) is 0 Å². The van der Waals surface area contributed by atoms with Gasteiger partial charge in [-0.05, 0) is 44.9 Å². The van der Waals surface area contributed by atoms with Crippen molar-refractivity contribution in [1.82, 2.24) is 19.3 Å². The molecule has 1 saturated carbocycles. The molecular formula is C20H21F3N4O2S. The second-order valence-corrected chi connectivity index (χ2v) is 8.42. The largest absolute Gasteiger partial charge is 0.467 e. The van der Waals surface area contributed by atoms with Crippen molar-refractivity contribution in [2.24, 2.45) is 0 Å². The van der Waals surface area contributed by atoms with Crippen molar-refractivity contribution >= 4 is 17.5 Å². The van der Waals surface area contributed by atoms with Gasteiger partial charge in [0.25, 0.3) is 0 Å². The maximum absolute atomic E-state index is 12.8. The van der Waals surface area contributed by atoms with Crippen molar-refractivity contribution in [2.75, 3.05) is 5.75 Å². The van der Waals surface area contributed by atoms with Gasteiger partial charge in [-0.1, -0.05) is 11.8 Å². The van der Waals surface area contributed by atoms with E-state index < -0.39 is 12.7 Å². The molecule has 10 heteroatoms. The predicted octanol–water partition coefficient (Wildman–Crippen LogP) is 4.75. The molecule has 0 unspecified atom stereocenters. The number of ketones is 1. The number of halogens is 3. The fourth-order valence-electron chi connectivity index (χ4n) is 3.47. The molecule has 0 radical (unpaired) electrons. The molecule has 160 valence electrons. The van der Waals surface area contributed by atoms with E-state index in [0.29, 0.717) is 34.6 Å². The molecule has 0 amide bonds. The number of thioether (sulfide) groups is 1. The summed E-state index contributed by atoms with van der Waals surface area (Å²) < 4.78 is 47.0. The van der Waals surface area contributed by atoms with Crippen LogP contribution in [0.5, 0.6) is 0 Å². The average Bonchev–Trinajstić information content (AvgIpc) is 3.12. The number of hydrogen-bond acceptors (Lipinski definition) is 5. The minimum Gasteiger partial charge on any atom is -0.467 e. The first-order valence-corrected chi connectivity index (χ1v) is 10.6. The molecule has 6 nitrogen and oxygen atoms in total. The van der Waals surface area contributed by atoms with Crippen LogP contribution in [0.15, 0.2) is 34.0 Å². The second kappa shape index (κ2) is 7.98. The molecule has 0 spiro atoms. The quantitative estimate of drug-likeness (QED) is 0.375. The fraction of sp³-hybridized carbons (Fsp3) is 0.450. The molecule has 1 aliphatic carbocycles. The molecule has 3 aromatic heterocycles. The van der Waals surface area contributed by atoms with Crippen molar-refractivity contribution in [3.05, 3.63) is 53.0 Å². The fourth-order valence-corrected chi connectivity index (χ4v) is 4.30. The Morgan fingerprint density at radius 1 is 1.27 bits per heavy atom. The Kier molecular flexibility index (Phi) is 5.52. The molecule has 0 atom stereocenters. The topological polar surface area (TPSA) is 65.8 Å². The van der Waals surface area contributed by atoms with Crippen LogP contribution in [0.4, 0.5) is 13.2 Å². The lowest BCUT2D eigenvalue weighted by Gasteiger charge is -2.12. The van der Waals surface area contributed by atoms with Gasteiger partial charge < -0.3 is 8.98 Å². The van der Waals surface area contributed by atoms with Crippen molar-refractivity contribution in [3.8, 4) is 0 Å². The van der Waals surface area contributed by atoms with Gasteiger partial charge in [-0.3, -0.25) is 9.36 Å². The number of carbonyl (C=O) groups excluding carboxylic acids is 1. The number of aryl methyl sites for hydroxylation is 1. The summed E-state index contributed by atoms with van der Waals surface area (Å²) in [6, 6.07) is 5.20. The number of aromatic nitrogens is 4. The lowest BCUT2D eigenvalue weighted by molar-refractivity contribution is -0.141. The molecule has 1 fully saturated rings. The SMILES string of the molecule is Cc1cc(C(=O)CSc2nnc(C3CC3)n2Cc2ccco2)c(C)n1CC(F)(F)F. The van der Waals surface area contributed by atoms with Gasteiger partial charge in [0.15, 0.2) is 10.9 Å². The summed E-state index contributed by atoms with van der Waals surface area (Å²) in [7, 11) is 0. The van der Waals surface area contributed by atoms with Crippen LogP contribution < -0.4 is 0 Å². The number of carbonyl (C=O) groups is 1. The van der Waals surface area contributed by atoms with E-state index in [4.69, 9.17) is 4.42 Å². The van der Waals surface area contributed by atoms with Gasteiger partial charge >= 0.3 is 6.18 Å². The summed E-state index contributed by atoms with van der Waals surface area (Å²) in [6.07, 6.45) is -0.620. The van der Waals surface area contributed by atoms with E-state index in [1.54, 1.807) is 20.1 Å². The van der Waals surface area contributed by atoms with Crippen LogP contribution in [0.3, 0.4) is 0 Å². The molecule has 0 saturated heterocycles. The molecule has 0 bridgehead atoms. The van der Waals surface area contributed by atoms with Gasteiger partial charge in [-0.15, -0.1) is 10.2 Å². The Morgan fingerprint density at radius 3 is 2.67 bits per heavy atom. The van der Waals surface area contributed by atoms with E-state index >= 15 is 0 Å². The number of Topliss-reactive ketones (excluding diaryl/α,β-unsaturated/α-hetero) is 1. The molecule has 0 aromatic carbocycles. The normalized spacial score (nSPS) is 14.4. The van der Waals surface area contributed by atoms with Crippen LogP contribution >= 0.6 is 11.8 Å². The van der Waals surface area contributed by atoms with Crippen LogP contribution in [0, 0.1) is 13.8 Å². The minimum absolute atomic E-state index is 0.0667. The van der Waals surface area contributed by atoms with Crippen molar-refractivity contribution < 1.29 is 22.4 Å². The molecule has 4 rings (SSSR count). The summed E-state index contributed by atoms with van der Waals surface area (Å²) in [6.45, 7) is 2.49. The van der Waals surface area contributed by atoms with E-state index in [0.717, 1.165) is 29.0 Å². The summed E-state index contributed by atoms with van der Waals surface area (Å²) in [5.41, 5.74) is 1.05. The van der Waals surface area contributed by atoms with Gasteiger partial charge in [0.1, 0.15) is 18.1 Å². The maximum Gasteiger partial charge on any atom is 0.406 e. The molecule has 30 heavy (non-hydrogen) atoms. The molecular weight excluding hydrogens is 417 g/mol. The number of rotatable bonds is 8. The summed E-state index contributed by atoms with van der Waals surface area (Å²) in [4.78, 5) is 12.8. The first-order chi connectivity index (χ1) is 14.2. The average molecular weight is 438 g/mol. The highest BCUT2D eigenvalue weighted by Gasteiger charge is 2.32. The molecule has 1 aliphatic rings. The van der Waals surface area contributed by atoms with E-state index in [1.807, 2.05) is 16.7 Å². The highest BCUT2D eigenvalue weighted by atomic mass is 32.2. The Morgan fingerprint density at radius 2 is 2.03 bits per heavy atom. The van der Waals surface area contributed by atoms with Crippen molar-refractivity contribution in [1.29, 1.82) is 0 Å². The van der Waals surface area contributed by atoms with Crippen molar-refractivity contribution in [2.45, 2.75) is 57.0 Å². The number of furan rings is 1. The van der Waals surface area contributed by atoms with E-state index in [9.17, 15) is 18.0 Å². The van der Waals surface area contributed by atoms with Crippen molar-refractivity contribution in [3.63, 3.8) is 0 Å². The molecule has 3 aromatic rings. The molecule has 0 N–H and O–H groups in total. The highest BCUT2D eigenvalue weighted by molar-refractivity contribution is 7.99. The van der Waals surface area contributed by atoms with Gasteiger partial charge in [-0.2, -0.15) is 13.2 Å². The number of alkyl halides is 3. The first-order valence-electron chi connectivity index (χ1n) is 9.58. The smallest absolute Gasteiger partial charge is 0.406 e. The molecule has 3 heterocycles. The zero-order valence-corrected chi connectivity index (χ0v) is 17.4. The molecule has 0 aliphatic heterocycles. The number of hydrogen-bond donors (Lipinski definition) is 0. The standard InChI is InChI=1S/C20H21F3N4O2S/c1-12-8-16(13(2)27(12)11-20(21,22)23)17(28)10-30-19-25-24-18(14-5-6-14)26(19)9-15-4-3-7-29-15/h3-4,7-8,14H,5-6,9-11H2,1-2H3. The third kappa shape index (κ3) is 4.48. The van der Waals surface area contributed by atoms with E-state index in [-0.39, 0.29) is 11.5 Å². The van der Waals surface area contributed by atoms with E-state index in [1.165, 1.54) is 17.8 Å². The third-order valence-corrected chi connectivity index (χ3v) is 6.09. The van der Waals surface area contributed by atoms with E-state index in [2.05, 4.69) is 10.2 Å². The highest BCUT2D eigenvalue weighted by Crippen LogP contribution is 2.40. The van der Waals surface area contributed by atoms with Gasteiger partial charge in [0.05, 0.1) is 18.6 Å². The van der Waals surface area contributed by atoms with Gasteiger partial charge in [-0.25, -0.2) is 0 Å². The van der Waals surface area contributed by atoms with Crippen LogP contribution in [-0.4, -0.2) is 37.0 Å². The van der Waals surface area contributed by atoms with Gasteiger partial charge in [0, 0.05) is 22.9 Å². The van der Waals surface area contributed by atoms with Crippen LogP contribution in [0.25, 0.3) is 0 Å². The summed E-state index contributed by atoms with van der Waals surface area (Å²) in [5, 5.41) is 9.14. The first kappa shape index (κ1) is 20.8. The lowest BCUT2D eigenvalue weighted by Crippen LogP contribution is -2.19. The zero-order chi connectivity index (χ0) is 21.5. The number of nitrogens with zero attached hydrogens (tertiary/aromatic N) is 4. The predicted molar refractivity (Wildman–Crippen MR) is 105 cm³/mol. The summed E-state index contributed by atoms with van der Waals surface area (Å²) in [5.74, 6) is 1.85. The Balaban J connectivity index is 1.50. The lowest BCUT2D eigenvalue weighted by atomic mass is 10.2. The second-order valence-electron chi connectivity index (χ2n) is 7.48. The minimum atomic E-state index is -4.34. The van der Waals surface area contributed by atoms with Crippen LogP contribution in [-0.2, 0) is 13.1 Å². The summed E-state index contributed by atoms with van der Waals surface area (Å²) >= 11 is 1.24. The zero-order valence-electron chi connectivity index (χ0n) is 16.6. The van der Waals surface area contributed by atoms with Crippen LogP contribution in [0.1, 0.15) is 52.1 Å². The maximum atomic E-state index is 12.8. The Bertz CT molecular complexity index is 1050. The Hall–Kier alpha value is -2.49. The Labute approximate surface area is 175 Å². The monoisotopic (exact) mass is 438 g/mol. The van der Waals surface area contributed by atoms with Gasteiger partial charge in [0.2, 0.25) is 0 Å². The third-order valence-electron chi connectivity index (χ3n) is 5.13.